The van der Waals surface area contributed by atoms with Crippen molar-refractivity contribution in [3.63, 3.8) is 0 Å². The molecular weight excluding hydrogens is 196 g/mol. The summed E-state index contributed by atoms with van der Waals surface area (Å²) in [7, 11) is 0. The van der Waals surface area contributed by atoms with Gasteiger partial charge in [-0.3, -0.25) is 4.79 Å². The van der Waals surface area contributed by atoms with Gasteiger partial charge in [-0.1, -0.05) is 6.92 Å². The summed E-state index contributed by atoms with van der Waals surface area (Å²) in [5.74, 6) is -0.569. The van der Waals surface area contributed by atoms with Gasteiger partial charge in [0.15, 0.2) is 0 Å². The molecule has 0 aliphatic heterocycles. The van der Waals surface area contributed by atoms with Crippen molar-refractivity contribution in [2.45, 2.75) is 33.2 Å². The molecular formula is C10H16N2O3. The lowest BCUT2D eigenvalue weighted by Crippen LogP contribution is -2.24. The molecule has 1 N–H and O–H groups in total. The van der Waals surface area contributed by atoms with E-state index < -0.39 is 5.97 Å². The summed E-state index contributed by atoms with van der Waals surface area (Å²) in [5, 5.41) is 2.77. The van der Waals surface area contributed by atoms with Crippen LogP contribution in [-0.2, 0) is 4.74 Å². The Morgan fingerprint density at radius 2 is 2.27 bits per heavy atom. The number of aromatic amines is 1. The lowest BCUT2D eigenvalue weighted by Gasteiger charge is -2.07. The molecule has 0 aliphatic rings. The third-order valence-corrected chi connectivity index (χ3v) is 2.32. The van der Waals surface area contributed by atoms with Gasteiger partial charge in [0.05, 0.1) is 12.6 Å². The molecule has 1 rings (SSSR count). The highest BCUT2D eigenvalue weighted by molar-refractivity contribution is 5.88. The molecule has 0 bridgehead atoms. The Morgan fingerprint density at radius 3 is 2.80 bits per heavy atom. The monoisotopic (exact) mass is 212 g/mol. The van der Waals surface area contributed by atoms with Gasteiger partial charge in [0.2, 0.25) is 0 Å². The Balaban J connectivity index is 2.99. The number of nitrogens with zero attached hydrogens (tertiary/aromatic N) is 1. The maximum Gasteiger partial charge on any atom is 0.345 e. The van der Waals surface area contributed by atoms with Crippen LogP contribution in [0.5, 0.6) is 0 Å². The first-order valence-corrected chi connectivity index (χ1v) is 5.08. The molecule has 1 aromatic rings. The molecule has 0 aliphatic carbocycles. The highest BCUT2D eigenvalue weighted by atomic mass is 16.5. The van der Waals surface area contributed by atoms with Crippen molar-refractivity contribution < 1.29 is 9.53 Å². The number of aromatic nitrogens is 2. The second-order valence-corrected chi connectivity index (χ2v) is 3.34. The van der Waals surface area contributed by atoms with Crippen LogP contribution in [0.4, 0.5) is 0 Å². The Bertz CT molecular complexity index is 392. The first kappa shape index (κ1) is 11.6. The van der Waals surface area contributed by atoms with E-state index >= 15 is 0 Å². The second kappa shape index (κ2) is 4.82. The third kappa shape index (κ3) is 2.29. The van der Waals surface area contributed by atoms with Crippen molar-refractivity contribution in [1.29, 1.82) is 0 Å². The molecule has 0 spiro atoms. The fourth-order valence-corrected chi connectivity index (χ4v) is 1.25. The summed E-state index contributed by atoms with van der Waals surface area (Å²) < 4.78 is 6.20. The van der Waals surface area contributed by atoms with Crippen molar-refractivity contribution in [1.82, 2.24) is 9.78 Å². The lowest BCUT2D eigenvalue weighted by atomic mass is 10.3. The van der Waals surface area contributed by atoms with Crippen LogP contribution >= 0.6 is 0 Å². The van der Waals surface area contributed by atoms with Crippen LogP contribution in [0.15, 0.2) is 11.0 Å². The van der Waals surface area contributed by atoms with E-state index in [1.54, 1.807) is 6.92 Å². The molecule has 0 saturated heterocycles. The summed E-state index contributed by atoms with van der Waals surface area (Å²) in [4.78, 5) is 23.1. The quantitative estimate of drug-likeness (QED) is 0.765. The van der Waals surface area contributed by atoms with Gasteiger partial charge < -0.3 is 9.84 Å². The van der Waals surface area contributed by atoms with Crippen LogP contribution in [0.2, 0.25) is 0 Å². The van der Waals surface area contributed by atoms with E-state index in [1.807, 2.05) is 13.8 Å². The number of H-pyrrole nitrogens is 1. The summed E-state index contributed by atoms with van der Waals surface area (Å²) >= 11 is 0. The standard InChI is InChI=1S/C10H16N2O3/c1-4-7(3)12-9(13)8(6-11-12)10(14)15-5-2/h6-7,11H,4-5H2,1-3H3. The van der Waals surface area contributed by atoms with Crippen LogP contribution in [0.25, 0.3) is 0 Å². The topological polar surface area (TPSA) is 64.1 Å². The highest BCUT2D eigenvalue weighted by Gasteiger charge is 2.17. The number of hydrogen-bond donors (Lipinski definition) is 1. The fraction of sp³-hybridized carbons (Fsp3) is 0.600. The molecule has 0 amide bonds. The first-order chi connectivity index (χ1) is 7.11. The predicted molar refractivity (Wildman–Crippen MR) is 56.0 cm³/mol. The van der Waals surface area contributed by atoms with Gasteiger partial charge in [-0.05, 0) is 20.3 Å². The van der Waals surface area contributed by atoms with Gasteiger partial charge in [-0.25, -0.2) is 9.48 Å². The Labute approximate surface area is 88.0 Å². The van der Waals surface area contributed by atoms with E-state index in [9.17, 15) is 9.59 Å². The van der Waals surface area contributed by atoms with Crippen molar-refractivity contribution in [2.75, 3.05) is 6.61 Å². The second-order valence-electron chi connectivity index (χ2n) is 3.34. The van der Waals surface area contributed by atoms with Crippen molar-refractivity contribution >= 4 is 5.97 Å². The number of rotatable bonds is 4. The molecule has 5 nitrogen and oxygen atoms in total. The average Bonchev–Trinajstić information content (AvgIpc) is 2.59. The number of nitrogens with one attached hydrogen (secondary N) is 1. The summed E-state index contributed by atoms with van der Waals surface area (Å²) in [6.45, 7) is 5.86. The molecule has 0 radical (unpaired) electrons. The minimum Gasteiger partial charge on any atom is -0.462 e. The van der Waals surface area contributed by atoms with Crippen LogP contribution < -0.4 is 5.56 Å². The van der Waals surface area contributed by atoms with Crippen molar-refractivity contribution in [3.8, 4) is 0 Å². The van der Waals surface area contributed by atoms with E-state index in [0.29, 0.717) is 0 Å². The van der Waals surface area contributed by atoms with Gasteiger partial charge in [0, 0.05) is 6.20 Å². The zero-order chi connectivity index (χ0) is 11.4. The molecule has 1 unspecified atom stereocenters. The largest absolute Gasteiger partial charge is 0.462 e. The van der Waals surface area contributed by atoms with Crippen LogP contribution in [0, 0.1) is 0 Å². The van der Waals surface area contributed by atoms with Gasteiger partial charge >= 0.3 is 5.97 Å². The molecule has 0 fully saturated rings. The SMILES string of the molecule is CCOC(=O)c1c[nH]n(C(C)CC)c1=O. The Morgan fingerprint density at radius 1 is 1.60 bits per heavy atom. The van der Waals surface area contributed by atoms with Crippen LogP contribution in [0.1, 0.15) is 43.6 Å². The van der Waals surface area contributed by atoms with Gasteiger partial charge in [0.25, 0.3) is 5.56 Å². The van der Waals surface area contributed by atoms with Crippen molar-refractivity contribution in [3.05, 3.63) is 22.1 Å². The minimum atomic E-state index is -0.569. The van der Waals surface area contributed by atoms with E-state index in [2.05, 4.69) is 5.10 Å². The molecule has 5 heteroatoms. The summed E-state index contributed by atoms with van der Waals surface area (Å²) in [6.07, 6.45) is 2.22. The minimum absolute atomic E-state index is 0.0562. The molecule has 15 heavy (non-hydrogen) atoms. The molecule has 84 valence electrons. The van der Waals surface area contributed by atoms with E-state index in [4.69, 9.17) is 4.74 Å². The number of esters is 1. The van der Waals surface area contributed by atoms with Crippen molar-refractivity contribution in [2.24, 2.45) is 0 Å². The number of carbonyl (C=O) groups excluding carboxylic acids is 1. The zero-order valence-corrected chi connectivity index (χ0v) is 9.24. The zero-order valence-electron chi connectivity index (χ0n) is 9.24. The smallest absolute Gasteiger partial charge is 0.345 e. The maximum atomic E-state index is 11.7. The van der Waals surface area contributed by atoms with Gasteiger partial charge in [-0.2, -0.15) is 0 Å². The Kier molecular flexibility index (Phi) is 3.71. The predicted octanol–water partition coefficient (Wildman–Crippen LogP) is 1.32. The normalized spacial score (nSPS) is 12.5. The van der Waals surface area contributed by atoms with E-state index in [1.165, 1.54) is 10.9 Å². The molecule has 1 heterocycles. The molecule has 0 aromatic carbocycles. The molecule has 0 saturated carbocycles. The first-order valence-electron chi connectivity index (χ1n) is 5.08. The van der Waals surface area contributed by atoms with Gasteiger partial charge in [-0.15, -0.1) is 0 Å². The maximum absolute atomic E-state index is 11.7. The van der Waals surface area contributed by atoms with Gasteiger partial charge in [0.1, 0.15) is 5.56 Å². The average molecular weight is 212 g/mol. The highest BCUT2D eigenvalue weighted by Crippen LogP contribution is 2.05. The molecule has 1 atom stereocenters. The summed E-state index contributed by atoms with van der Waals surface area (Å²) in [5.41, 5.74) is -0.250. The van der Waals surface area contributed by atoms with E-state index in [0.717, 1.165) is 6.42 Å². The number of carbonyl (C=O) groups is 1. The van der Waals surface area contributed by atoms with E-state index in [-0.39, 0.29) is 23.8 Å². The number of hydrogen-bond acceptors (Lipinski definition) is 3. The fourth-order valence-electron chi connectivity index (χ4n) is 1.25. The third-order valence-electron chi connectivity index (χ3n) is 2.32. The summed E-state index contributed by atoms with van der Waals surface area (Å²) in [6, 6.07) is 0.0562. The lowest BCUT2D eigenvalue weighted by molar-refractivity contribution is 0.0524. The van der Waals surface area contributed by atoms with Crippen LogP contribution in [-0.4, -0.2) is 22.4 Å². The number of ether oxygens (including phenoxy) is 1. The molecule has 1 aromatic heterocycles. The Hall–Kier alpha value is -1.52. The van der Waals surface area contributed by atoms with Crippen LogP contribution in [0.3, 0.4) is 0 Å².